The van der Waals surface area contributed by atoms with Crippen molar-refractivity contribution in [1.29, 1.82) is 0 Å². The highest BCUT2D eigenvalue weighted by atomic mass is 16.1. The van der Waals surface area contributed by atoms with Crippen LogP contribution in [0.4, 0.5) is 0 Å². The molecule has 0 amide bonds. The van der Waals surface area contributed by atoms with Crippen LogP contribution in [0.2, 0.25) is 0 Å². The van der Waals surface area contributed by atoms with E-state index in [2.05, 4.69) is 13.8 Å². The molecule has 1 aliphatic rings. The maximum atomic E-state index is 11.7. The summed E-state index contributed by atoms with van der Waals surface area (Å²) in [5.41, 5.74) is 5.52. The number of nitrogens with two attached hydrogens (primary N) is 1. The predicted octanol–water partition coefficient (Wildman–Crippen LogP) is 1.73. The SMILES string of the molecule is CC(C)CC(=O)C1(CN)CCC1. The summed E-state index contributed by atoms with van der Waals surface area (Å²) in [6.07, 6.45) is 3.93. The van der Waals surface area contributed by atoms with Crippen LogP contribution in [0.5, 0.6) is 0 Å². The molecule has 0 heterocycles. The molecule has 1 fully saturated rings. The lowest BCUT2D eigenvalue weighted by atomic mass is 9.64. The Morgan fingerprint density at radius 2 is 2.08 bits per heavy atom. The van der Waals surface area contributed by atoms with Crippen molar-refractivity contribution >= 4 is 5.78 Å². The molecule has 0 aromatic carbocycles. The molecule has 0 aromatic rings. The molecule has 0 radical (unpaired) electrons. The van der Waals surface area contributed by atoms with Gasteiger partial charge < -0.3 is 5.73 Å². The number of Topliss-reactive ketones (excluding diaryl/α,β-unsaturated/α-hetero) is 1. The van der Waals surface area contributed by atoms with E-state index in [9.17, 15) is 4.79 Å². The lowest BCUT2D eigenvalue weighted by Crippen LogP contribution is -2.44. The molecular formula is C10H19NO. The van der Waals surface area contributed by atoms with Gasteiger partial charge in [-0.05, 0) is 18.8 Å². The Hall–Kier alpha value is -0.370. The first kappa shape index (κ1) is 9.72. The third-order valence-electron chi connectivity index (χ3n) is 2.89. The normalized spacial score (nSPS) is 20.7. The van der Waals surface area contributed by atoms with Gasteiger partial charge in [-0.1, -0.05) is 20.3 Å². The molecule has 2 N–H and O–H groups in total. The van der Waals surface area contributed by atoms with E-state index in [1.165, 1.54) is 6.42 Å². The van der Waals surface area contributed by atoms with Crippen LogP contribution in [-0.4, -0.2) is 12.3 Å². The smallest absolute Gasteiger partial charge is 0.140 e. The summed E-state index contributed by atoms with van der Waals surface area (Å²) in [6, 6.07) is 0. The second kappa shape index (κ2) is 3.56. The van der Waals surface area contributed by atoms with E-state index in [0.29, 0.717) is 24.7 Å². The van der Waals surface area contributed by atoms with Crippen LogP contribution in [0, 0.1) is 11.3 Å². The maximum Gasteiger partial charge on any atom is 0.140 e. The Kier molecular flexibility index (Phi) is 2.89. The van der Waals surface area contributed by atoms with Crippen LogP contribution in [0.3, 0.4) is 0 Å². The summed E-state index contributed by atoms with van der Waals surface area (Å²) in [7, 11) is 0. The first-order valence-corrected chi connectivity index (χ1v) is 4.84. The number of hydrogen-bond donors (Lipinski definition) is 1. The number of carbonyl (C=O) groups excluding carboxylic acids is 1. The zero-order valence-electron chi connectivity index (χ0n) is 8.10. The van der Waals surface area contributed by atoms with Gasteiger partial charge in [0.1, 0.15) is 5.78 Å². The van der Waals surface area contributed by atoms with E-state index >= 15 is 0 Å². The Bertz CT molecular complexity index is 165. The third-order valence-corrected chi connectivity index (χ3v) is 2.89. The fourth-order valence-electron chi connectivity index (χ4n) is 1.79. The fraction of sp³-hybridized carbons (Fsp3) is 0.900. The van der Waals surface area contributed by atoms with Crippen LogP contribution in [-0.2, 0) is 4.79 Å². The quantitative estimate of drug-likeness (QED) is 0.696. The zero-order chi connectivity index (χ0) is 9.19. The average molecular weight is 169 g/mol. The van der Waals surface area contributed by atoms with Gasteiger partial charge in [-0.3, -0.25) is 4.79 Å². The summed E-state index contributed by atoms with van der Waals surface area (Å²) in [5.74, 6) is 0.868. The molecule has 1 rings (SSSR count). The molecule has 0 spiro atoms. The minimum Gasteiger partial charge on any atom is -0.329 e. The van der Waals surface area contributed by atoms with Gasteiger partial charge in [0, 0.05) is 18.4 Å². The van der Waals surface area contributed by atoms with Crippen molar-refractivity contribution in [3.8, 4) is 0 Å². The topological polar surface area (TPSA) is 43.1 Å². The van der Waals surface area contributed by atoms with Gasteiger partial charge in [-0.25, -0.2) is 0 Å². The minimum absolute atomic E-state index is 0.107. The second-order valence-electron chi connectivity index (χ2n) is 4.36. The van der Waals surface area contributed by atoms with Crippen molar-refractivity contribution < 1.29 is 4.79 Å². The predicted molar refractivity (Wildman–Crippen MR) is 49.8 cm³/mol. The van der Waals surface area contributed by atoms with Crippen LogP contribution >= 0.6 is 0 Å². The molecular weight excluding hydrogens is 150 g/mol. The van der Waals surface area contributed by atoms with Crippen molar-refractivity contribution in [3.63, 3.8) is 0 Å². The Labute approximate surface area is 74.5 Å². The second-order valence-corrected chi connectivity index (χ2v) is 4.36. The van der Waals surface area contributed by atoms with Crippen LogP contribution in [0.1, 0.15) is 39.5 Å². The Balaban J connectivity index is 2.49. The fourth-order valence-corrected chi connectivity index (χ4v) is 1.79. The highest BCUT2D eigenvalue weighted by Crippen LogP contribution is 2.41. The number of carbonyl (C=O) groups is 1. The molecule has 0 unspecified atom stereocenters. The Morgan fingerprint density at radius 3 is 2.33 bits per heavy atom. The van der Waals surface area contributed by atoms with Gasteiger partial charge in [-0.15, -0.1) is 0 Å². The summed E-state index contributed by atoms with van der Waals surface area (Å²) in [5, 5.41) is 0. The van der Waals surface area contributed by atoms with Crippen molar-refractivity contribution in [3.05, 3.63) is 0 Å². The van der Waals surface area contributed by atoms with E-state index < -0.39 is 0 Å². The van der Waals surface area contributed by atoms with E-state index in [1.54, 1.807) is 0 Å². The van der Waals surface area contributed by atoms with E-state index in [-0.39, 0.29) is 5.41 Å². The zero-order valence-corrected chi connectivity index (χ0v) is 8.10. The highest BCUT2D eigenvalue weighted by Gasteiger charge is 2.41. The van der Waals surface area contributed by atoms with Gasteiger partial charge in [-0.2, -0.15) is 0 Å². The average Bonchev–Trinajstić information content (AvgIpc) is 1.83. The molecule has 0 atom stereocenters. The van der Waals surface area contributed by atoms with Crippen molar-refractivity contribution in [2.75, 3.05) is 6.54 Å². The molecule has 0 bridgehead atoms. The molecule has 0 saturated heterocycles. The standard InChI is InChI=1S/C10H19NO/c1-8(2)6-9(12)10(7-11)4-3-5-10/h8H,3-7,11H2,1-2H3. The molecule has 1 saturated carbocycles. The molecule has 0 aromatic heterocycles. The number of hydrogen-bond acceptors (Lipinski definition) is 2. The van der Waals surface area contributed by atoms with Gasteiger partial charge in [0.15, 0.2) is 0 Å². The monoisotopic (exact) mass is 169 g/mol. The molecule has 12 heavy (non-hydrogen) atoms. The van der Waals surface area contributed by atoms with E-state index in [0.717, 1.165) is 12.8 Å². The van der Waals surface area contributed by atoms with Gasteiger partial charge in [0.25, 0.3) is 0 Å². The molecule has 2 nitrogen and oxygen atoms in total. The van der Waals surface area contributed by atoms with Gasteiger partial charge >= 0.3 is 0 Å². The first-order valence-electron chi connectivity index (χ1n) is 4.84. The maximum absolute atomic E-state index is 11.7. The number of rotatable bonds is 4. The van der Waals surface area contributed by atoms with Crippen LogP contribution in [0.15, 0.2) is 0 Å². The Morgan fingerprint density at radius 1 is 1.50 bits per heavy atom. The molecule has 70 valence electrons. The summed E-state index contributed by atoms with van der Waals surface area (Å²) >= 11 is 0. The van der Waals surface area contributed by atoms with E-state index in [4.69, 9.17) is 5.73 Å². The number of ketones is 1. The molecule has 1 aliphatic carbocycles. The lowest BCUT2D eigenvalue weighted by Gasteiger charge is -2.39. The third kappa shape index (κ3) is 1.69. The van der Waals surface area contributed by atoms with E-state index in [1.807, 2.05) is 0 Å². The van der Waals surface area contributed by atoms with Crippen molar-refractivity contribution in [2.24, 2.45) is 17.1 Å². The highest BCUT2D eigenvalue weighted by molar-refractivity contribution is 5.86. The summed E-state index contributed by atoms with van der Waals surface area (Å²) < 4.78 is 0. The summed E-state index contributed by atoms with van der Waals surface area (Å²) in [6.45, 7) is 4.72. The van der Waals surface area contributed by atoms with Crippen LogP contribution < -0.4 is 5.73 Å². The minimum atomic E-state index is -0.107. The van der Waals surface area contributed by atoms with Gasteiger partial charge in [0.05, 0.1) is 0 Å². The first-order chi connectivity index (χ1) is 5.60. The van der Waals surface area contributed by atoms with Gasteiger partial charge in [0.2, 0.25) is 0 Å². The largest absolute Gasteiger partial charge is 0.329 e. The lowest BCUT2D eigenvalue weighted by molar-refractivity contribution is -0.133. The van der Waals surface area contributed by atoms with Crippen molar-refractivity contribution in [1.82, 2.24) is 0 Å². The van der Waals surface area contributed by atoms with Crippen LogP contribution in [0.25, 0.3) is 0 Å². The molecule has 2 heteroatoms. The van der Waals surface area contributed by atoms with Crippen molar-refractivity contribution in [2.45, 2.75) is 39.5 Å². The molecule has 0 aliphatic heterocycles. The summed E-state index contributed by atoms with van der Waals surface area (Å²) in [4.78, 5) is 11.7.